The first-order chi connectivity index (χ1) is 12.1. The summed E-state index contributed by atoms with van der Waals surface area (Å²) in [6.07, 6.45) is 0. The van der Waals surface area contributed by atoms with Crippen LogP contribution in [0.3, 0.4) is 0 Å². The van der Waals surface area contributed by atoms with Crippen molar-refractivity contribution in [3.8, 4) is 0 Å². The predicted octanol–water partition coefficient (Wildman–Crippen LogP) is 1.93. The molecule has 2 amide bonds. The van der Waals surface area contributed by atoms with Crippen LogP contribution in [0.1, 0.15) is 32.3 Å². The topological polar surface area (TPSA) is 77.5 Å². The third kappa shape index (κ3) is 2.21. The number of hydrogen-bond acceptors (Lipinski definition) is 4. The number of carboxylic acid groups (broad SMARTS) is 1. The van der Waals surface area contributed by atoms with Gasteiger partial charge in [-0.1, -0.05) is 54.6 Å². The number of carbonyl (C=O) groups is 3. The fourth-order valence-electron chi connectivity index (χ4n) is 3.31. The number of nitrogens with zero attached hydrogens (tertiary/aromatic N) is 1. The number of hydrogen-bond donors (Lipinski definition) is 0. The monoisotopic (exact) mass is 330 g/mol. The maximum Gasteiger partial charge on any atom is 0.262 e. The molecule has 4 rings (SSSR count). The molecule has 0 bridgehead atoms. The summed E-state index contributed by atoms with van der Waals surface area (Å²) < 4.78 is 0. The fraction of sp³-hybridized carbons (Fsp3) is 0.0500. The number of imide groups is 1. The maximum absolute atomic E-state index is 12.9. The second-order valence-corrected chi connectivity index (χ2v) is 5.82. The van der Waals surface area contributed by atoms with E-state index in [1.807, 2.05) is 12.1 Å². The zero-order chi connectivity index (χ0) is 17.6. The molecule has 0 aliphatic carbocycles. The first kappa shape index (κ1) is 15.1. The van der Waals surface area contributed by atoms with Crippen LogP contribution < -0.4 is 5.11 Å². The summed E-state index contributed by atoms with van der Waals surface area (Å²) in [7, 11) is 0. The normalized spacial score (nSPS) is 14.6. The van der Waals surface area contributed by atoms with Crippen LogP contribution in [0.4, 0.5) is 0 Å². The molecule has 0 spiro atoms. The van der Waals surface area contributed by atoms with E-state index in [1.54, 1.807) is 54.6 Å². The van der Waals surface area contributed by atoms with Gasteiger partial charge in [-0.25, -0.2) is 0 Å². The van der Waals surface area contributed by atoms with E-state index in [4.69, 9.17) is 0 Å². The minimum absolute atomic E-state index is 0.315. The Morgan fingerprint density at radius 1 is 0.800 bits per heavy atom. The van der Waals surface area contributed by atoms with Gasteiger partial charge in [-0.15, -0.1) is 0 Å². The number of amides is 2. The van der Waals surface area contributed by atoms with E-state index in [9.17, 15) is 19.5 Å². The van der Waals surface area contributed by atoms with Crippen molar-refractivity contribution < 1.29 is 19.5 Å². The molecule has 0 fully saturated rings. The van der Waals surface area contributed by atoms with E-state index in [0.717, 1.165) is 10.3 Å². The predicted molar refractivity (Wildman–Crippen MR) is 88.6 cm³/mol. The number of carboxylic acids is 1. The van der Waals surface area contributed by atoms with E-state index >= 15 is 0 Å². The molecule has 3 aromatic carbocycles. The molecule has 1 atom stereocenters. The van der Waals surface area contributed by atoms with Crippen molar-refractivity contribution in [2.45, 2.75) is 6.04 Å². The molecule has 0 radical (unpaired) electrons. The molecule has 25 heavy (non-hydrogen) atoms. The van der Waals surface area contributed by atoms with E-state index in [2.05, 4.69) is 0 Å². The number of aliphatic carboxylic acids is 1. The van der Waals surface area contributed by atoms with Gasteiger partial charge in [0, 0.05) is 16.5 Å². The molecule has 0 aromatic heterocycles. The molecule has 5 heteroatoms. The van der Waals surface area contributed by atoms with Gasteiger partial charge in [0.05, 0.1) is 5.97 Å². The average Bonchev–Trinajstić information content (AvgIpc) is 2.63. The summed E-state index contributed by atoms with van der Waals surface area (Å²) in [6.45, 7) is 0. The standard InChI is InChI=1S/C20H13NO4/c22-18-14-10-4-8-12-9-5-11-15(16(12)14)19(23)21(18)17(20(24)25)13-6-2-1-3-7-13/h1-11,17H,(H,24,25)/p-1/t17-/m0/s1. The Balaban J connectivity index is 1.94. The van der Waals surface area contributed by atoms with Gasteiger partial charge in [0.25, 0.3) is 11.8 Å². The lowest BCUT2D eigenvalue weighted by molar-refractivity contribution is -0.310. The molecule has 0 unspecified atom stereocenters. The summed E-state index contributed by atoms with van der Waals surface area (Å²) in [5.41, 5.74) is 0.945. The van der Waals surface area contributed by atoms with Crippen molar-refractivity contribution >= 4 is 28.6 Å². The molecular weight excluding hydrogens is 318 g/mol. The Morgan fingerprint density at radius 3 is 1.88 bits per heavy atom. The van der Waals surface area contributed by atoms with Crippen LogP contribution in [0.5, 0.6) is 0 Å². The summed E-state index contributed by atoms with van der Waals surface area (Å²) >= 11 is 0. The van der Waals surface area contributed by atoms with Gasteiger partial charge in [-0.2, -0.15) is 0 Å². The molecule has 0 N–H and O–H groups in total. The highest BCUT2D eigenvalue weighted by atomic mass is 16.4. The summed E-state index contributed by atoms with van der Waals surface area (Å²) in [6, 6.07) is 16.9. The Bertz CT molecular complexity index is 976. The quantitative estimate of drug-likeness (QED) is 0.688. The van der Waals surface area contributed by atoms with Crippen molar-refractivity contribution in [2.24, 2.45) is 0 Å². The lowest BCUT2D eigenvalue weighted by Gasteiger charge is -2.34. The van der Waals surface area contributed by atoms with Crippen molar-refractivity contribution in [1.82, 2.24) is 4.90 Å². The van der Waals surface area contributed by atoms with Crippen molar-refractivity contribution in [3.63, 3.8) is 0 Å². The Hall–Kier alpha value is -3.47. The first-order valence-electron chi connectivity index (χ1n) is 7.75. The Morgan fingerprint density at radius 2 is 1.36 bits per heavy atom. The third-order valence-corrected chi connectivity index (χ3v) is 4.40. The number of rotatable bonds is 3. The Labute approximate surface area is 143 Å². The highest BCUT2D eigenvalue weighted by Crippen LogP contribution is 2.34. The molecule has 1 aliphatic rings. The third-order valence-electron chi connectivity index (χ3n) is 4.40. The van der Waals surface area contributed by atoms with Gasteiger partial charge in [0.2, 0.25) is 0 Å². The summed E-state index contributed by atoms with van der Waals surface area (Å²) in [4.78, 5) is 38.5. The molecule has 1 aliphatic heterocycles. The van der Waals surface area contributed by atoms with Crippen molar-refractivity contribution in [1.29, 1.82) is 0 Å². The maximum atomic E-state index is 12.9. The molecular formula is C20H12NO4-. The first-order valence-corrected chi connectivity index (χ1v) is 7.75. The highest BCUT2D eigenvalue weighted by molar-refractivity contribution is 6.26. The molecule has 0 saturated heterocycles. The number of benzene rings is 3. The smallest absolute Gasteiger partial charge is 0.262 e. The van der Waals surface area contributed by atoms with Crippen LogP contribution in [0.25, 0.3) is 10.8 Å². The fourth-order valence-corrected chi connectivity index (χ4v) is 3.31. The van der Waals surface area contributed by atoms with E-state index in [-0.39, 0.29) is 0 Å². The van der Waals surface area contributed by atoms with Crippen LogP contribution in [-0.4, -0.2) is 22.7 Å². The van der Waals surface area contributed by atoms with Gasteiger partial charge in [-0.3, -0.25) is 14.5 Å². The minimum atomic E-state index is -1.50. The summed E-state index contributed by atoms with van der Waals surface area (Å²) in [5, 5.41) is 13.1. The lowest BCUT2D eigenvalue weighted by Crippen LogP contribution is -2.49. The average molecular weight is 330 g/mol. The van der Waals surface area contributed by atoms with Gasteiger partial charge >= 0.3 is 0 Å². The van der Waals surface area contributed by atoms with Crippen LogP contribution >= 0.6 is 0 Å². The zero-order valence-electron chi connectivity index (χ0n) is 13.0. The molecule has 3 aromatic rings. The van der Waals surface area contributed by atoms with Crippen LogP contribution in [0.2, 0.25) is 0 Å². The largest absolute Gasteiger partial charge is 0.547 e. The zero-order valence-corrected chi connectivity index (χ0v) is 13.0. The molecule has 5 nitrogen and oxygen atoms in total. The van der Waals surface area contributed by atoms with Gasteiger partial charge in [0.1, 0.15) is 6.04 Å². The second kappa shape index (κ2) is 5.56. The molecule has 1 heterocycles. The van der Waals surface area contributed by atoms with E-state index in [0.29, 0.717) is 22.1 Å². The SMILES string of the molecule is O=C([O-])[C@H](c1ccccc1)N1C(=O)c2cccc3cccc(c23)C1=O. The van der Waals surface area contributed by atoms with Gasteiger partial charge in [-0.05, 0) is 23.1 Å². The van der Waals surface area contributed by atoms with E-state index < -0.39 is 23.8 Å². The van der Waals surface area contributed by atoms with Gasteiger partial charge in [0.15, 0.2) is 0 Å². The van der Waals surface area contributed by atoms with Crippen LogP contribution in [0, 0.1) is 0 Å². The van der Waals surface area contributed by atoms with Crippen LogP contribution in [-0.2, 0) is 4.79 Å². The lowest BCUT2D eigenvalue weighted by atomic mass is 9.92. The highest BCUT2D eigenvalue weighted by Gasteiger charge is 2.38. The van der Waals surface area contributed by atoms with Gasteiger partial charge < -0.3 is 9.90 Å². The molecule has 122 valence electrons. The molecule has 0 saturated carbocycles. The minimum Gasteiger partial charge on any atom is -0.547 e. The Kier molecular flexibility index (Phi) is 3.35. The summed E-state index contributed by atoms with van der Waals surface area (Å²) in [5.74, 6) is -2.76. The van der Waals surface area contributed by atoms with Crippen molar-refractivity contribution in [2.75, 3.05) is 0 Å². The van der Waals surface area contributed by atoms with Crippen LogP contribution in [0.15, 0.2) is 66.7 Å². The second-order valence-electron chi connectivity index (χ2n) is 5.82. The number of carbonyl (C=O) groups excluding carboxylic acids is 3. The van der Waals surface area contributed by atoms with Crippen molar-refractivity contribution in [3.05, 3.63) is 83.4 Å². The van der Waals surface area contributed by atoms with E-state index in [1.165, 1.54) is 0 Å².